The van der Waals surface area contributed by atoms with E-state index in [1.165, 1.54) is 0 Å². The molecule has 1 amide bonds. The van der Waals surface area contributed by atoms with Crippen LogP contribution in [-0.2, 0) is 14.8 Å². The van der Waals surface area contributed by atoms with E-state index < -0.39 is 10.0 Å². The zero-order valence-electron chi connectivity index (χ0n) is 10.9. The average Bonchev–Trinajstić information content (AvgIpc) is 2.37. The van der Waals surface area contributed by atoms with Gasteiger partial charge in [-0.3, -0.25) is 4.79 Å². The second-order valence-corrected chi connectivity index (χ2v) is 6.37. The summed E-state index contributed by atoms with van der Waals surface area (Å²) in [6, 6.07) is 0. The molecule has 0 bridgehead atoms. The van der Waals surface area contributed by atoms with Gasteiger partial charge in [-0.1, -0.05) is 13.3 Å². The van der Waals surface area contributed by atoms with Crippen molar-refractivity contribution in [2.24, 2.45) is 0 Å². The SMILES string of the molecule is CCCCS(=O)(=O)NCCC(=O)N1CCNCC1. The van der Waals surface area contributed by atoms with Crippen molar-refractivity contribution in [3.8, 4) is 0 Å². The number of rotatable bonds is 7. The zero-order valence-corrected chi connectivity index (χ0v) is 11.8. The number of carbonyl (C=O) groups is 1. The normalized spacial score (nSPS) is 16.8. The first-order chi connectivity index (χ1) is 8.55. The topological polar surface area (TPSA) is 78.5 Å². The van der Waals surface area contributed by atoms with Crippen LogP contribution >= 0.6 is 0 Å². The van der Waals surface area contributed by atoms with Crippen molar-refractivity contribution in [3.63, 3.8) is 0 Å². The van der Waals surface area contributed by atoms with Gasteiger partial charge in [0.25, 0.3) is 0 Å². The number of sulfonamides is 1. The van der Waals surface area contributed by atoms with Crippen LogP contribution in [0.15, 0.2) is 0 Å². The van der Waals surface area contributed by atoms with Crippen LogP contribution < -0.4 is 10.0 Å². The Hall–Kier alpha value is -0.660. The lowest BCUT2D eigenvalue weighted by molar-refractivity contribution is -0.131. The molecule has 1 rings (SSSR count). The molecule has 1 aliphatic heterocycles. The van der Waals surface area contributed by atoms with Crippen LogP contribution in [0.2, 0.25) is 0 Å². The highest BCUT2D eigenvalue weighted by Gasteiger charge is 2.16. The Morgan fingerprint density at radius 2 is 2.00 bits per heavy atom. The van der Waals surface area contributed by atoms with Gasteiger partial charge in [0.05, 0.1) is 5.75 Å². The fourth-order valence-electron chi connectivity index (χ4n) is 1.79. The smallest absolute Gasteiger partial charge is 0.223 e. The van der Waals surface area contributed by atoms with Crippen LogP contribution in [0.1, 0.15) is 26.2 Å². The quantitative estimate of drug-likeness (QED) is 0.659. The third kappa shape index (κ3) is 5.79. The molecule has 18 heavy (non-hydrogen) atoms. The highest BCUT2D eigenvalue weighted by atomic mass is 32.2. The van der Waals surface area contributed by atoms with Crippen LogP contribution in [-0.4, -0.2) is 57.7 Å². The van der Waals surface area contributed by atoms with Crippen molar-refractivity contribution in [1.82, 2.24) is 14.9 Å². The fraction of sp³-hybridized carbons (Fsp3) is 0.909. The van der Waals surface area contributed by atoms with Crippen molar-refractivity contribution in [1.29, 1.82) is 0 Å². The molecule has 1 heterocycles. The van der Waals surface area contributed by atoms with Crippen LogP contribution in [0.5, 0.6) is 0 Å². The molecule has 0 saturated carbocycles. The van der Waals surface area contributed by atoms with Crippen LogP contribution in [0, 0.1) is 0 Å². The Kier molecular flexibility index (Phi) is 6.59. The first-order valence-electron chi connectivity index (χ1n) is 6.51. The molecule has 0 unspecified atom stereocenters. The highest BCUT2D eigenvalue weighted by Crippen LogP contribution is 1.98. The standard InChI is InChI=1S/C11H23N3O3S/c1-2-3-10-18(16,17)13-5-4-11(15)14-8-6-12-7-9-14/h12-13H,2-10H2,1H3. The van der Waals surface area contributed by atoms with E-state index >= 15 is 0 Å². The van der Waals surface area contributed by atoms with Crippen molar-refractivity contribution >= 4 is 15.9 Å². The number of nitrogens with zero attached hydrogens (tertiary/aromatic N) is 1. The number of hydrogen-bond donors (Lipinski definition) is 2. The predicted molar refractivity (Wildman–Crippen MR) is 70.8 cm³/mol. The largest absolute Gasteiger partial charge is 0.340 e. The number of nitrogens with one attached hydrogen (secondary N) is 2. The number of carbonyl (C=O) groups excluding carboxylic acids is 1. The Bertz CT molecular complexity index is 351. The van der Waals surface area contributed by atoms with Gasteiger partial charge in [-0.05, 0) is 6.42 Å². The summed E-state index contributed by atoms with van der Waals surface area (Å²) in [6.45, 7) is 5.20. The van der Waals surface area contributed by atoms with E-state index in [1.807, 2.05) is 6.92 Å². The monoisotopic (exact) mass is 277 g/mol. The summed E-state index contributed by atoms with van der Waals surface area (Å²) in [5.74, 6) is 0.167. The van der Waals surface area contributed by atoms with Gasteiger partial charge >= 0.3 is 0 Å². The summed E-state index contributed by atoms with van der Waals surface area (Å²) in [5.41, 5.74) is 0. The third-order valence-corrected chi connectivity index (χ3v) is 4.37. The van der Waals surface area contributed by atoms with Crippen molar-refractivity contribution in [2.45, 2.75) is 26.2 Å². The molecule has 0 aromatic rings. The van der Waals surface area contributed by atoms with Gasteiger partial charge in [0.1, 0.15) is 0 Å². The maximum atomic E-state index is 11.8. The molecule has 0 spiro atoms. The fourth-order valence-corrected chi connectivity index (χ4v) is 3.02. The Labute approximate surface area is 109 Å². The Morgan fingerprint density at radius 3 is 2.61 bits per heavy atom. The summed E-state index contributed by atoms with van der Waals surface area (Å²) >= 11 is 0. The molecule has 1 fully saturated rings. The first kappa shape index (κ1) is 15.4. The number of hydrogen-bond acceptors (Lipinski definition) is 4. The lowest BCUT2D eigenvalue weighted by Gasteiger charge is -2.27. The van der Waals surface area contributed by atoms with Crippen LogP contribution in [0.25, 0.3) is 0 Å². The van der Waals surface area contributed by atoms with E-state index in [1.54, 1.807) is 4.90 Å². The summed E-state index contributed by atoms with van der Waals surface area (Å²) in [5, 5.41) is 3.17. The second-order valence-electron chi connectivity index (χ2n) is 4.45. The van der Waals surface area contributed by atoms with Gasteiger partial charge in [0.2, 0.25) is 15.9 Å². The van der Waals surface area contributed by atoms with Gasteiger partial charge in [0, 0.05) is 39.1 Å². The first-order valence-corrected chi connectivity index (χ1v) is 8.16. The molecule has 7 heteroatoms. The highest BCUT2D eigenvalue weighted by molar-refractivity contribution is 7.89. The lowest BCUT2D eigenvalue weighted by atomic mass is 10.3. The van der Waals surface area contributed by atoms with E-state index in [2.05, 4.69) is 10.0 Å². The van der Waals surface area contributed by atoms with Gasteiger partial charge in [-0.25, -0.2) is 13.1 Å². The molecule has 106 valence electrons. The van der Waals surface area contributed by atoms with E-state index in [9.17, 15) is 13.2 Å². The van der Waals surface area contributed by atoms with E-state index in [0.29, 0.717) is 19.5 Å². The molecule has 0 atom stereocenters. The van der Waals surface area contributed by atoms with Crippen molar-refractivity contribution < 1.29 is 13.2 Å². The van der Waals surface area contributed by atoms with E-state index in [0.717, 1.165) is 19.5 Å². The summed E-state index contributed by atoms with van der Waals surface area (Å²) in [7, 11) is -3.20. The molecule has 6 nitrogen and oxygen atoms in total. The molecule has 0 aliphatic carbocycles. The van der Waals surface area contributed by atoms with Crippen LogP contribution in [0.3, 0.4) is 0 Å². The lowest BCUT2D eigenvalue weighted by Crippen LogP contribution is -2.47. The summed E-state index contributed by atoms with van der Waals surface area (Å²) in [4.78, 5) is 13.5. The maximum absolute atomic E-state index is 11.8. The van der Waals surface area contributed by atoms with Crippen molar-refractivity contribution in [3.05, 3.63) is 0 Å². The number of amides is 1. The molecular weight excluding hydrogens is 254 g/mol. The van der Waals surface area contributed by atoms with Gasteiger partial charge in [-0.2, -0.15) is 0 Å². The van der Waals surface area contributed by atoms with Crippen molar-refractivity contribution in [2.75, 3.05) is 38.5 Å². The number of unbranched alkanes of at least 4 members (excludes halogenated alkanes) is 1. The van der Waals surface area contributed by atoms with E-state index in [-0.39, 0.29) is 24.6 Å². The summed E-state index contributed by atoms with van der Waals surface area (Å²) in [6.07, 6.45) is 1.74. The van der Waals surface area contributed by atoms with Crippen LogP contribution in [0.4, 0.5) is 0 Å². The third-order valence-electron chi connectivity index (χ3n) is 2.90. The maximum Gasteiger partial charge on any atom is 0.223 e. The molecule has 2 N–H and O–H groups in total. The second kappa shape index (κ2) is 7.70. The number of piperazine rings is 1. The molecule has 0 radical (unpaired) electrons. The molecule has 0 aromatic heterocycles. The summed E-state index contributed by atoms with van der Waals surface area (Å²) < 4.78 is 25.5. The molecular formula is C11H23N3O3S. The molecule has 0 aromatic carbocycles. The Morgan fingerprint density at radius 1 is 1.33 bits per heavy atom. The predicted octanol–water partition coefficient (Wildman–Crippen LogP) is -0.472. The van der Waals surface area contributed by atoms with Gasteiger partial charge in [-0.15, -0.1) is 0 Å². The van der Waals surface area contributed by atoms with E-state index in [4.69, 9.17) is 0 Å². The minimum absolute atomic E-state index is 0.0229. The molecule has 1 saturated heterocycles. The average molecular weight is 277 g/mol. The van der Waals surface area contributed by atoms with Gasteiger partial charge < -0.3 is 10.2 Å². The zero-order chi connectivity index (χ0) is 13.4. The Balaban J connectivity index is 2.22. The molecule has 1 aliphatic rings. The minimum Gasteiger partial charge on any atom is -0.340 e. The minimum atomic E-state index is -3.20. The van der Waals surface area contributed by atoms with Gasteiger partial charge in [0.15, 0.2) is 0 Å².